The Labute approximate surface area is 87.4 Å². The molecule has 2 aliphatic rings. The van der Waals surface area contributed by atoms with Crippen LogP contribution in [0.4, 0.5) is 0 Å². The van der Waals surface area contributed by atoms with Gasteiger partial charge >= 0.3 is 0 Å². The molecule has 82 valence electrons. The minimum absolute atomic E-state index is 0.0646. The van der Waals surface area contributed by atoms with E-state index in [2.05, 4.69) is 26.1 Å². The highest BCUT2D eigenvalue weighted by Gasteiger charge is 2.59. The van der Waals surface area contributed by atoms with Gasteiger partial charge in [-0.15, -0.1) is 0 Å². The van der Waals surface area contributed by atoms with Crippen LogP contribution in [0.1, 0.15) is 46.5 Å². The summed E-state index contributed by atoms with van der Waals surface area (Å²) < 4.78 is 6.34. The fourth-order valence-electron chi connectivity index (χ4n) is 2.79. The first-order chi connectivity index (χ1) is 6.43. The van der Waals surface area contributed by atoms with Gasteiger partial charge in [-0.05, 0) is 52.0 Å². The molecule has 1 saturated heterocycles. The maximum atomic E-state index is 6.34. The molecule has 1 N–H and O–H groups in total. The molecule has 0 aromatic carbocycles. The van der Waals surface area contributed by atoms with E-state index in [0.29, 0.717) is 5.41 Å². The molecule has 1 aliphatic heterocycles. The van der Waals surface area contributed by atoms with Gasteiger partial charge in [-0.3, -0.25) is 0 Å². The van der Waals surface area contributed by atoms with E-state index in [1.807, 2.05) is 7.05 Å². The lowest BCUT2D eigenvalue weighted by Gasteiger charge is -2.35. The van der Waals surface area contributed by atoms with E-state index in [-0.39, 0.29) is 11.2 Å². The van der Waals surface area contributed by atoms with Gasteiger partial charge in [0.2, 0.25) is 0 Å². The Morgan fingerprint density at radius 3 is 2.21 bits per heavy atom. The summed E-state index contributed by atoms with van der Waals surface area (Å²) in [7, 11) is 2.00. The number of ether oxygens (including phenoxy) is 1. The van der Waals surface area contributed by atoms with E-state index in [1.54, 1.807) is 0 Å². The number of rotatable bonds is 3. The fraction of sp³-hybridized carbons (Fsp3) is 1.00. The molecule has 1 saturated carbocycles. The SMILES string of the molecule is CNCC1(C)CCC(C)(C2(C)CC2)O1. The van der Waals surface area contributed by atoms with Gasteiger partial charge in [0, 0.05) is 6.54 Å². The zero-order valence-electron chi connectivity index (χ0n) is 9.94. The van der Waals surface area contributed by atoms with E-state index in [1.165, 1.54) is 25.7 Å². The first kappa shape index (κ1) is 10.4. The van der Waals surface area contributed by atoms with Crippen LogP contribution in [0.5, 0.6) is 0 Å². The highest BCUT2D eigenvalue weighted by Crippen LogP contribution is 2.60. The highest BCUT2D eigenvalue weighted by atomic mass is 16.5. The third-order valence-corrected chi connectivity index (χ3v) is 4.43. The summed E-state index contributed by atoms with van der Waals surface area (Å²) >= 11 is 0. The van der Waals surface area contributed by atoms with Crippen LogP contribution in [0, 0.1) is 5.41 Å². The molecule has 1 heterocycles. The fourth-order valence-corrected chi connectivity index (χ4v) is 2.79. The summed E-state index contributed by atoms with van der Waals surface area (Å²) in [5.74, 6) is 0. The van der Waals surface area contributed by atoms with Crippen molar-refractivity contribution in [3.8, 4) is 0 Å². The van der Waals surface area contributed by atoms with Crippen LogP contribution in [0.2, 0.25) is 0 Å². The Balaban J connectivity index is 2.06. The minimum Gasteiger partial charge on any atom is -0.367 e. The molecule has 0 radical (unpaired) electrons. The third kappa shape index (κ3) is 1.49. The standard InChI is InChI=1S/C12H23NO/c1-10(5-6-10)12(3)8-7-11(2,14-12)9-13-4/h13H,5-9H2,1-4H3. The average molecular weight is 197 g/mol. The molecule has 0 aromatic rings. The van der Waals surface area contributed by atoms with Crippen molar-refractivity contribution >= 4 is 0 Å². The summed E-state index contributed by atoms with van der Waals surface area (Å²) in [6.07, 6.45) is 5.11. The molecule has 0 bridgehead atoms. The summed E-state index contributed by atoms with van der Waals surface area (Å²) in [5, 5.41) is 3.23. The van der Waals surface area contributed by atoms with Crippen LogP contribution in [0.25, 0.3) is 0 Å². The molecule has 1 aliphatic carbocycles. The van der Waals surface area contributed by atoms with Crippen molar-refractivity contribution in [3.05, 3.63) is 0 Å². The van der Waals surface area contributed by atoms with Crippen LogP contribution in [0.3, 0.4) is 0 Å². The summed E-state index contributed by atoms with van der Waals surface area (Å²) in [6.45, 7) is 7.89. The predicted octanol–water partition coefficient (Wildman–Crippen LogP) is 2.33. The van der Waals surface area contributed by atoms with E-state index >= 15 is 0 Å². The lowest BCUT2D eigenvalue weighted by molar-refractivity contribution is -0.117. The van der Waals surface area contributed by atoms with Gasteiger partial charge in [-0.1, -0.05) is 6.92 Å². The van der Waals surface area contributed by atoms with Crippen LogP contribution >= 0.6 is 0 Å². The molecule has 2 atom stereocenters. The van der Waals surface area contributed by atoms with E-state index in [4.69, 9.17) is 4.74 Å². The van der Waals surface area contributed by atoms with Gasteiger partial charge in [-0.25, -0.2) is 0 Å². The summed E-state index contributed by atoms with van der Waals surface area (Å²) in [5.41, 5.74) is 0.673. The number of hydrogen-bond acceptors (Lipinski definition) is 2. The lowest BCUT2D eigenvalue weighted by Crippen LogP contribution is -2.42. The molecule has 2 heteroatoms. The minimum atomic E-state index is 0.0646. The monoisotopic (exact) mass is 197 g/mol. The number of nitrogens with one attached hydrogen (secondary N) is 1. The zero-order chi connectivity index (χ0) is 10.4. The Kier molecular flexibility index (Phi) is 2.20. The zero-order valence-corrected chi connectivity index (χ0v) is 9.94. The van der Waals surface area contributed by atoms with Crippen molar-refractivity contribution in [1.82, 2.24) is 5.32 Å². The molecule has 0 amide bonds. The molecular formula is C12H23NO. The normalized spacial score (nSPS) is 45.4. The van der Waals surface area contributed by atoms with Gasteiger partial charge in [0.1, 0.15) is 0 Å². The second-order valence-corrected chi connectivity index (χ2v) is 5.87. The van der Waals surface area contributed by atoms with Crippen LogP contribution in [-0.2, 0) is 4.74 Å². The molecule has 2 nitrogen and oxygen atoms in total. The van der Waals surface area contributed by atoms with Crippen LogP contribution in [0.15, 0.2) is 0 Å². The van der Waals surface area contributed by atoms with Crippen molar-refractivity contribution in [1.29, 1.82) is 0 Å². The molecule has 2 fully saturated rings. The van der Waals surface area contributed by atoms with Gasteiger partial charge < -0.3 is 10.1 Å². The van der Waals surface area contributed by atoms with Crippen LogP contribution in [-0.4, -0.2) is 24.8 Å². The first-order valence-corrected chi connectivity index (χ1v) is 5.78. The quantitative estimate of drug-likeness (QED) is 0.750. The summed E-state index contributed by atoms with van der Waals surface area (Å²) in [4.78, 5) is 0. The Morgan fingerprint density at radius 1 is 1.07 bits per heavy atom. The van der Waals surface area contributed by atoms with Gasteiger partial charge in [0.15, 0.2) is 0 Å². The molecule has 2 unspecified atom stereocenters. The molecular weight excluding hydrogens is 174 g/mol. The molecule has 14 heavy (non-hydrogen) atoms. The Bertz CT molecular complexity index is 236. The predicted molar refractivity (Wildman–Crippen MR) is 58.4 cm³/mol. The van der Waals surface area contributed by atoms with E-state index < -0.39 is 0 Å². The van der Waals surface area contributed by atoms with Crippen molar-refractivity contribution in [2.45, 2.75) is 57.7 Å². The van der Waals surface area contributed by atoms with E-state index in [0.717, 1.165) is 6.54 Å². The van der Waals surface area contributed by atoms with Crippen molar-refractivity contribution in [3.63, 3.8) is 0 Å². The van der Waals surface area contributed by atoms with Crippen LogP contribution < -0.4 is 5.32 Å². The molecule has 0 aromatic heterocycles. The Hall–Kier alpha value is -0.0800. The van der Waals surface area contributed by atoms with Crippen molar-refractivity contribution in [2.75, 3.05) is 13.6 Å². The second-order valence-electron chi connectivity index (χ2n) is 5.87. The van der Waals surface area contributed by atoms with Crippen molar-refractivity contribution < 1.29 is 4.74 Å². The maximum Gasteiger partial charge on any atom is 0.0786 e. The number of hydrogen-bond donors (Lipinski definition) is 1. The van der Waals surface area contributed by atoms with Gasteiger partial charge in [0.25, 0.3) is 0 Å². The topological polar surface area (TPSA) is 21.3 Å². The second kappa shape index (κ2) is 2.96. The Morgan fingerprint density at radius 2 is 1.71 bits per heavy atom. The molecule has 0 spiro atoms. The summed E-state index contributed by atoms with van der Waals surface area (Å²) in [6, 6.07) is 0. The highest BCUT2D eigenvalue weighted by molar-refractivity contribution is 5.09. The maximum absolute atomic E-state index is 6.34. The van der Waals surface area contributed by atoms with Crippen molar-refractivity contribution in [2.24, 2.45) is 5.41 Å². The number of likely N-dealkylation sites (N-methyl/N-ethyl adjacent to an activating group) is 1. The molecule has 2 rings (SSSR count). The van der Waals surface area contributed by atoms with Gasteiger partial charge in [0.05, 0.1) is 11.2 Å². The lowest BCUT2D eigenvalue weighted by atomic mass is 9.84. The average Bonchev–Trinajstić information content (AvgIpc) is 2.75. The largest absolute Gasteiger partial charge is 0.367 e. The smallest absolute Gasteiger partial charge is 0.0786 e. The van der Waals surface area contributed by atoms with Gasteiger partial charge in [-0.2, -0.15) is 0 Å². The third-order valence-electron chi connectivity index (χ3n) is 4.43. The van der Waals surface area contributed by atoms with E-state index in [9.17, 15) is 0 Å². The first-order valence-electron chi connectivity index (χ1n) is 5.78.